The Kier molecular flexibility index (Phi) is 5.48. The van der Waals surface area contributed by atoms with Gasteiger partial charge in [-0.3, -0.25) is 9.78 Å². The predicted octanol–water partition coefficient (Wildman–Crippen LogP) is 1.87. The Labute approximate surface area is 146 Å². The van der Waals surface area contributed by atoms with Crippen LogP contribution in [0.3, 0.4) is 0 Å². The molecule has 0 bridgehead atoms. The van der Waals surface area contributed by atoms with Crippen molar-refractivity contribution in [1.29, 1.82) is 0 Å². The van der Waals surface area contributed by atoms with E-state index >= 15 is 0 Å². The molecule has 0 saturated carbocycles. The van der Waals surface area contributed by atoms with Gasteiger partial charge in [-0.1, -0.05) is 6.07 Å². The number of ether oxygens (including phenoxy) is 1. The summed E-state index contributed by atoms with van der Waals surface area (Å²) in [6.45, 7) is 5.24. The standard InChI is InChI=1S/C18H21N3O4/c1-18(2,3)25-17(24)11-9-13(21-14(10-11)16(23)19-4)15(22)12-7-5-6-8-20-12/h5-10,15,22H,1-4H3,(H,19,23). The van der Waals surface area contributed by atoms with Crippen molar-refractivity contribution in [1.82, 2.24) is 15.3 Å². The van der Waals surface area contributed by atoms with Gasteiger partial charge in [0.2, 0.25) is 0 Å². The van der Waals surface area contributed by atoms with Crippen molar-refractivity contribution in [2.75, 3.05) is 7.05 Å². The number of nitrogens with zero attached hydrogens (tertiary/aromatic N) is 2. The molecule has 7 nitrogen and oxygen atoms in total. The Morgan fingerprint density at radius 1 is 1.20 bits per heavy atom. The topological polar surface area (TPSA) is 101 Å². The monoisotopic (exact) mass is 343 g/mol. The van der Waals surface area contributed by atoms with Crippen molar-refractivity contribution < 1.29 is 19.4 Å². The van der Waals surface area contributed by atoms with Gasteiger partial charge in [0.25, 0.3) is 5.91 Å². The molecule has 0 radical (unpaired) electrons. The van der Waals surface area contributed by atoms with Crippen LogP contribution in [-0.2, 0) is 4.74 Å². The number of aliphatic hydroxyl groups is 1. The number of rotatable bonds is 4. The molecule has 132 valence electrons. The molecule has 0 aliphatic rings. The van der Waals surface area contributed by atoms with E-state index in [1.807, 2.05) is 0 Å². The highest BCUT2D eigenvalue weighted by Gasteiger charge is 2.23. The molecule has 7 heteroatoms. The van der Waals surface area contributed by atoms with E-state index in [-0.39, 0.29) is 17.0 Å². The Balaban J connectivity index is 2.47. The summed E-state index contributed by atoms with van der Waals surface area (Å²) >= 11 is 0. The van der Waals surface area contributed by atoms with E-state index in [0.29, 0.717) is 5.69 Å². The number of hydrogen-bond donors (Lipinski definition) is 2. The van der Waals surface area contributed by atoms with E-state index in [0.717, 1.165) is 0 Å². The first-order valence-electron chi connectivity index (χ1n) is 7.77. The Bertz CT molecular complexity index is 770. The van der Waals surface area contributed by atoms with E-state index in [1.165, 1.54) is 25.4 Å². The molecule has 1 amide bonds. The van der Waals surface area contributed by atoms with Gasteiger partial charge in [-0.2, -0.15) is 0 Å². The second-order valence-corrected chi connectivity index (χ2v) is 6.40. The second-order valence-electron chi connectivity index (χ2n) is 6.40. The number of aliphatic hydroxyl groups excluding tert-OH is 1. The van der Waals surface area contributed by atoms with Gasteiger partial charge in [0.1, 0.15) is 17.4 Å². The lowest BCUT2D eigenvalue weighted by molar-refractivity contribution is 0.00691. The van der Waals surface area contributed by atoms with Crippen LogP contribution in [0.5, 0.6) is 0 Å². The number of carbonyl (C=O) groups excluding carboxylic acids is 2. The second kappa shape index (κ2) is 7.40. The molecule has 2 heterocycles. The maximum atomic E-state index is 12.4. The van der Waals surface area contributed by atoms with Crippen LogP contribution in [0.25, 0.3) is 0 Å². The van der Waals surface area contributed by atoms with Crippen LogP contribution in [0.1, 0.15) is 59.1 Å². The average molecular weight is 343 g/mol. The zero-order valence-electron chi connectivity index (χ0n) is 14.6. The fraction of sp³-hybridized carbons (Fsp3) is 0.333. The molecule has 2 N–H and O–H groups in total. The van der Waals surface area contributed by atoms with Crippen molar-refractivity contribution in [3.8, 4) is 0 Å². The van der Waals surface area contributed by atoms with Gasteiger partial charge in [-0.05, 0) is 45.0 Å². The van der Waals surface area contributed by atoms with Crippen LogP contribution in [0.2, 0.25) is 0 Å². The summed E-state index contributed by atoms with van der Waals surface area (Å²) in [7, 11) is 1.46. The van der Waals surface area contributed by atoms with Gasteiger partial charge in [-0.15, -0.1) is 0 Å². The third kappa shape index (κ3) is 4.84. The summed E-state index contributed by atoms with van der Waals surface area (Å²) in [5.41, 5.74) is -0.0444. The summed E-state index contributed by atoms with van der Waals surface area (Å²) in [6.07, 6.45) is 0.364. The van der Waals surface area contributed by atoms with Gasteiger partial charge >= 0.3 is 5.97 Å². The number of amides is 1. The predicted molar refractivity (Wildman–Crippen MR) is 91.1 cm³/mol. The number of pyridine rings is 2. The lowest BCUT2D eigenvalue weighted by Gasteiger charge is -2.20. The Morgan fingerprint density at radius 2 is 1.92 bits per heavy atom. The van der Waals surface area contributed by atoms with Crippen molar-refractivity contribution in [2.24, 2.45) is 0 Å². The van der Waals surface area contributed by atoms with E-state index in [2.05, 4.69) is 15.3 Å². The molecule has 0 fully saturated rings. The molecule has 0 saturated heterocycles. The first kappa shape index (κ1) is 18.5. The average Bonchev–Trinajstić information content (AvgIpc) is 2.59. The first-order chi connectivity index (χ1) is 11.7. The molecule has 2 aromatic rings. The van der Waals surface area contributed by atoms with Crippen LogP contribution in [0, 0.1) is 0 Å². The van der Waals surface area contributed by atoms with Gasteiger partial charge in [-0.25, -0.2) is 9.78 Å². The van der Waals surface area contributed by atoms with Gasteiger partial charge in [0, 0.05) is 13.2 Å². The highest BCUT2D eigenvalue weighted by molar-refractivity contribution is 5.96. The molecule has 2 aromatic heterocycles. The number of nitrogens with one attached hydrogen (secondary N) is 1. The molecular formula is C18H21N3O4. The van der Waals surface area contributed by atoms with Crippen LogP contribution in [0.4, 0.5) is 0 Å². The third-order valence-corrected chi connectivity index (χ3v) is 3.19. The number of esters is 1. The number of carbonyl (C=O) groups is 2. The zero-order valence-corrected chi connectivity index (χ0v) is 14.6. The Morgan fingerprint density at radius 3 is 2.48 bits per heavy atom. The van der Waals surface area contributed by atoms with Gasteiger partial charge in [0.05, 0.1) is 17.0 Å². The molecular weight excluding hydrogens is 322 g/mol. The Hall–Kier alpha value is -2.80. The third-order valence-electron chi connectivity index (χ3n) is 3.19. The lowest BCUT2D eigenvalue weighted by Crippen LogP contribution is -2.25. The van der Waals surface area contributed by atoms with Gasteiger partial charge < -0.3 is 15.2 Å². The molecule has 25 heavy (non-hydrogen) atoms. The van der Waals surface area contributed by atoms with E-state index in [9.17, 15) is 14.7 Å². The van der Waals surface area contributed by atoms with Crippen LogP contribution >= 0.6 is 0 Å². The van der Waals surface area contributed by atoms with E-state index < -0.39 is 23.6 Å². The smallest absolute Gasteiger partial charge is 0.338 e. The van der Waals surface area contributed by atoms with Crippen molar-refractivity contribution in [3.63, 3.8) is 0 Å². The largest absolute Gasteiger partial charge is 0.456 e. The minimum absolute atomic E-state index is 0.0100. The molecule has 0 aliphatic carbocycles. The van der Waals surface area contributed by atoms with Crippen LogP contribution < -0.4 is 5.32 Å². The molecule has 1 unspecified atom stereocenters. The van der Waals surface area contributed by atoms with Crippen molar-refractivity contribution in [2.45, 2.75) is 32.5 Å². The van der Waals surface area contributed by atoms with Crippen LogP contribution in [0.15, 0.2) is 36.5 Å². The van der Waals surface area contributed by atoms with E-state index in [1.54, 1.807) is 39.0 Å². The summed E-state index contributed by atoms with van der Waals surface area (Å²) in [5.74, 6) is -1.07. The quantitative estimate of drug-likeness (QED) is 0.822. The fourth-order valence-corrected chi connectivity index (χ4v) is 2.08. The maximum absolute atomic E-state index is 12.4. The highest BCUT2D eigenvalue weighted by atomic mass is 16.6. The summed E-state index contributed by atoms with van der Waals surface area (Å²) < 4.78 is 5.34. The molecule has 1 atom stereocenters. The van der Waals surface area contributed by atoms with Crippen molar-refractivity contribution in [3.05, 3.63) is 59.2 Å². The minimum Gasteiger partial charge on any atom is -0.456 e. The lowest BCUT2D eigenvalue weighted by atomic mass is 10.1. The molecule has 0 spiro atoms. The van der Waals surface area contributed by atoms with Gasteiger partial charge in [0.15, 0.2) is 0 Å². The maximum Gasteiger partial charge on any atom is 0.338 e. The normalized spacial score (nSPS) is 12.4. The summed E-state index contributed by atoms with van der Waals surface area (Å²) in [4.78, 5) is 32.5. The number of aromatic nitrogens is 2. The van der Waals surface area contributed by atoms with Crippen molar-refractivity contribution >= 4 is 11.9 Å². The highest BCUT2D eigenvalue weighted by Crippen LogP contribution is 2.21. The molecule has 2 rings (SSSR count). The fourth-order valence-electron chi connectivity index (χ4n) is 2.08. The summed E-state index contributed by atoms with van der Waals surface area (Å²) in [5, 5.41) is 13.0. The zero-order chi connectivity index (χ0) is 18.6. The number of hydrogen-bond acceptors (Lipinski definition) is 6. The molecule has 0 aromatic carbocycles. The van der Waals surface area contributed by atoms with E-state index in [4.69, 9.17) is 4.74 Å². The minimum atomic E-state index is -1.17. The van der Waals surface area contributed by atoms with Crippen LogP contribution in [-0.4, -0.2) is 39.6 Å². The summed E-state index contributed by atoms with van der Waals surface area (Å²) in [6, 6.07) is 7.81. The first-order valence-corrected chi connectivity index (χ1v) is 7.77. The SMILES string of the molecule is CNC(=O)c1cc(C(=O)OC(C)(C)C)cc(C(O)c2ccccn2)n1. The molecule has 0 aliphatic heterocycles.